The summed E-state index contributed by atoms with van der Waals surface area (Å²) >= 11 is 0. The molecular formula is C11H15F2NO. The summed E-state index contributed by atoms with van der Waals surface area (Å²) < 4.78 is 27.9. The van der Waals surface area contributed by atoms with Crippen LogP contribution in [0.25, 0.3) is 0 Å². The SMILES string of the molecule is NCCCCc1ccc(OC(F)F)cc1. The van der Waals surface area contributed by atoms with Crippen molar-refractivity contribution in [2.75, 3.05) is 6.54 Å². The van der Waals surface area contributed by atoms with Crippen LogP contribution in [0.1, 0.15) is 18.4 Å². The lowest BCUT2D eigenvalue weighted by atomic mass is 10.1. The van der Waals surface area contributed by atoms with Crippen molar-refractivity contribution in [2.45, 2.75) is 25.9 Å². The van der Waals surface area contributed by atoms with Crippen molar-refractivity contribution < 1.29 is 13.5 Å². The molecule has 2 N–H and O–H groups in total. The first kappa shape index (κ1) is 11.9. The minimum atomic E-state index is -2.76. The number of hydrogen-bond donors (Lipinski definition) is 1. The van der Waals surface area contributed by atoms with E-state index in [4.69, 9.17) is 5.73 Å². The highest BCUT2D eigenvalue weighted by molar-refractivity contribution is 5.27. The molecule has 0 atom stereocenters. The normalized spacial score (nSPS) is 10.7. The second kappa shape index (κ2) is 6.35. The third-order valence-corrected chi connectivity index (χ3v) is 2.07. The number of unbranched alkanes of at least 4 members (excludes halogenated alkanes) is 1. The van der Waals surface area contributed by atoms with E-state index >= 15 is 0 Å². The molecule has 0 aromatic heterocycles. The van der Waals surface area contributed by atoms with Crippen LogP contribution in [0.4, 0.5) is 8.78 Å². The molecule has 0 aliphatic rings. The van der Waals surface area contributed by atoms with E-state index in [-0.39, 0.29) is 5.75 Å². The highest BCUT2D eigenvalue weighted by atomic mass is 19.3. The fraction of sp³-hybridized carbons (Fsp3) is 0.455. The number of rotatable bonds is 6. The summed E-state index contributed by atoms with van der Waals surface area (Å²) in [7, 11) is 0. The first-order valence-corrected chi connectivity index (χ1v) is 4.96. The Balaban J connectivity index is 2.42. The van der Waals surface area contributed by atoms with Gasteiger partial charge in [0.15, 0.2) is 0 Å². The molecule has 0 saturated heterocycles. The number of halogens is 2. The number of aryl methyl sites for hydroxylation is 1. The molecule has 1 aromatic carbocycles. The monoisotopic (exact) mass is 215 g/mol. The lowest BCUT2D eigenvalue weighted by Crippen LogP contribution is -2.02. The highest BCUT2D eigenvalue weighted by Gasteiger charge is 2.03. The van der Waals surface area contributed by atoms with Crippen molar-refractivity contribution in [1.29, 1.82) is 0 Å². The van der Waals surface area contributed by atoms with E-state index in [1.165, 1.54) is 0 Å². The summed E-state index contributed by atoms with van der Waals surface area (Å²) in [6, 6.07) is 6.72. The van der Waals surface area contributed by atoms with E-state index in [2.05, 4.69) is 4.74 Å². The molecule has 15 heavy (non-hydrogen) atoms. The average molecular weight is 215 g/mol. The van der Waals surface area contributed by atoms with Crippen LogP contribution in [0.5, 0.6) is 5.75 Å². The lowest BCUT2D eigenvalue weighted by Gasteiger charge is -2.05. The van der Waals surface area contributed by atoms with Crippen molar-refractivity contribution >= 4 is 0 Å². The van der Waals surface area contributed by atoms with Gasteiger partial charge in [0.2, 0.25) is 0 Å². The minimum Gasteiger partial charge on any atom is -0.435 e. The molecule has 0 aliphatic heterocycles. The van der Waals surface area contributed by atoms with E-state index in [0.717, 1.165) is 24.8 Å². The van der Waals surface area contributed by atoms with Crippen LogP contribution < -0.4 is 10.5 Å². The van der Waals surface area contributed by atoms with Gasteiger partial charge < -0.3 is 10.5 Å². The molecule has 0 saturated carbocycles. The summed E-state index contributed by atoms with van der Waals surface area (Å²) in [6.45, 7) is -2.07. The molecule has 2 nitrogen and oxygen atoms in total. The van der Waals surface area contributed by atoms with Gasteiger partial charge in [-0.1, -0.05) is 12.1 Å². The predicted molar refractivity (Wildman–Crippen MR) is 55.1 cm³/mol. The maximum absolute atomic E-state index is 11.8. The van der Waals surface area contributed by atoms with Crippen molar-refractivity contribution in [3.8, 4) is 5.75 Å². The van der Waals surface area contributed by atoms with Crippen LogP contribution in [0.2, 0.25) is 0 Å². The highest BCUT2D eigenvalue weighted by Crippen LogP contribution is 2.15. The van der Waals surface area contributed by atoms with Crippen LogP contribution >= 0.6 is 0 Å². The van der Waals surface area contributed by atoms with Crippen LogP contribution in [-0.4, -0.2) is 13.2 Å². The number of alkyl halides is 2. The molecule has 84 valence electrons. The Bertz CT molecular complexity index is 274. The third kappa shape index (κ3) is 4.74. The first-order chi connectivity index (χ1) is 7.22. The standard InChI is InChI=1S/C11H15F2NO/c12-11(13)15-10-6-4-9(5-7-10)3-1-2-8-14/h4-7,11H,1-3,8,14H2. The van der Waals surface area contributed by atoms with E-state index in [1.54, 1.807) is 24.3 Å². The Morgan fingerprint density at radius 3 is 2.33 bits per heavy atom. The van der Waals surface area contributed by atoms with E-state index in [0.29, 0.717) is 6.54 Å². The van der Waals surface area contributed by atoms with Crippen LogP contribution in [0.3, 0.4) is 0 Å². The van der Waals surface area contributed by atoms with Gasteiger partial charge in [-0.3, -0.25) is 0 Å². The fourth-order valence-corrected chi connectivity index (χ4v) is 1.31. The lowest BCUT2D eigenvalue weighted by molar-refractivity contribution is -0.0498. The van der Waals surface area contributed by atoms with Gasteiger partial charge in [0.25, 0.3) is 0 Å². The van der Waals surface area contributed by atoms with E-state index < -0.39 is 6.61 Å². The molecule has 4 heteroatoms. The average Bonchev–Trinajstić information content (AvgIpc) is 2.20. The zero-order valence-electron chi connectivity index (χ0n) is 8.46. The van der Waals surface area contributed by atoms with Gasteiger partial charge >= 0.3 is 6.61 Å². The summed E-state index contributed by atoms with van der Waals surface area (Å²) in [4.78, 5) is 0. The minimum absolute atomic E-state index is 0.201. The molecule has 0 unspecified atom stereocenters. The largest absolute Gasteiger partial charge is 0.435 e. The zero-order chi connectivity index (χ0) is 11.1. The second-order valence-electron chi connectivity index (χ2n) is 3.27. The summed E-state index contributed by atoms with van der Waals surface area (Å²) in [5, 5.41) is 0. The smallest absolute Gasteiger partial charge is 0.387 e. The molecule has 1 aromatic rings. The Morgan fingerprint density at radius 2 is 1.80 bits per heavy atom. The molecule has 0 bridgehead atoms. The van der Waals surface area contributed by atoms with Crippen molar-refractivity contribution in [1.82, 2.24) is 0 Å². The fourth-order valence-electron chi connectivity index (χ4n) is 1.31. The maximum atomic E-state index is 11.8. The van der Waals surface area contributed by atoms with Gasteiger partial charge in [-0.05, 0) is 43.5 Å². The summed E-state index contributed by atoms with van der Waals surface area (Å²) in [5.41, 5.74) is 6.48. The van der Waals surface area contributed by atoms with Gasteiger partial charge in [-0.2, -0.15) is 8.78 Å². The van der Waals surface area contributed by atoms with Crippen LogP contribution in [-0.2, 0) is 6.42 Å². The molecule has 0 spiro atoms. The summed E-state index contributed by atoms with van der Waals surface area (Å²) in [5.74, 6) is 0.201. The van der Waals surface area contributed by atoms with Gasteiger partial charge in [-0.15, -0.1) is 0 Å². The maximum Gasteiger partial charge on any atom is 0.387 e. The van der Waals surface area contributed by atoms with Gasteiger partial charge in [0, 0.05) is 0 Å². The van der Waals surface area contributed by atoms with E-state index in [9.17, 15) is 8.78 Å². The molecule has 1 rings (SSSR count). The molecule has 0 heterocycles. The molecule has 0 aliphatic carbocycles. The van der Waals surface area contributed by atoms with Crippen molar-refractivity contribution in [3.05, 3.63) is 29.8 Å². The Morgan fingerprint density at radius 1 is 1.13 bits per heavy atom. The predicted octanol–water partition coefficient (Wildman–Crippen LogP) is 2.57. The molecular weight excluding hydrogens is 200 g/mol. The van der Waals surface area contributed by atoms with Crippen LogP contribution in [0, 0.1) is 0 Å². The topological polar surface area (TPSA) is 35.2 Å². The Kier molecular flexibility index (Phi) is 5.04. The quantitative estimate of drug-likeness (QED) is 0.740. The number of hydrogen-bond acceptors (Lipinski definition) is 2. The molecule has 0 amide bonds. The van der Waals surface area contributed by atoms with Crippen LogP contribution in [0.15, 0.2) is 24.3 Å². The second-order valence-corrected chi connectivity index (χ2v) is 3.27. The number of benzene rings is 1. The Labute approximate surface area is 88.0 Å². The van der Waals surface area contributed by atoms with Crippen molar-refractivity contribution in [3.63, 3.8) is 0 Å². The first-order valence-electron chi connectivity index (χ1n) is 4.96. The van der Waals surface area contributed by atoms with Gasteiger partial charge in [0.05, 0.1) is 0 Å². The molecule has 0 fully saturated rings. The molecule has 0 radical (unpaired) electrons. The zero-order valence-corrected chi connectivity index (χ0v) is 8.46. The van der Waals surface area contributed by atoms with Gasteiger partial charge in [-0.25, -0.2) is 0 Å². The summed E-state index contributed by atoms with van der Waals surface area (Å²) in [6.07, 6.45) is 2.92. The number of nitrogens with two attached hydrogens (primary N) is 1. The Hall–Kier alpha value is -1.16. The number of ether oxygens (including phenoxy) is 1. The third-order valence-electron chi connectivity index (χ3n) is 2.07. The van der Waals surface area contributed by atoms with E-state index in [1.807, 2.05) is 0 Å². The van der Waals surface area contributed by atoms with Gasteiger partial charge in [0.1, 0.15) is 5.75 Å². The van der Waals surface area contributed by atoms with Crippen molar-refractivity contribution in [2.24, 2.45) is 5.73 Å².